The zero-order chi connectivity index (χ0) is 8.27. The molecule has 0 unspecified atom stereocenters. The van der Waals surface area contributed by atoms with Gasteiger partial charge >= 0.3 is 0 Å². The number of carbonyl (C=O) groups excluding carboxylic acids is 1. The molecule has 0 bridgehead atoms. The molecule has 0 aliphatic heterocycles. The highest BCUT2D eigenvalue weighted by Gasteiger charge is 2.07. The summed E-state index contributed by atoms with van der Waals surface area (Å²) in [6, 6.07) is 0. The van der Waals surface area contributed by atoms with E-state index in [4.69, 9.17) is 5.73 Å². The molecule has 0 heterocycles. The molecule has 0 saturated heterocycles. The van der Waals surface area contributed by atoms with Crippen LogP contribution >= 0.6 is 0 Å². The first-order valence-corrected chi connectivity index (χ1v) is 3.83. The van der Waals surface area contributed by atoms with Crippen molar-refractivity contribution < 1.29 is 4.79 Å². The Morgan fingerprint density at radius 1 is 1.55 bits per heavy atom. The molecular formula is C9H13NO. The van der Waals surface area contributed by atoms with E-state index in [1.165, 1.54) is 5.57 Å². The van der Waals surface area contributed by atoms with Crippen LogP contribution in [0.1, 0.15) is 19.8 Å². The van der Waals surface area contributed by atoms with E-state index in [0.717, 1.165) is 18.4 Å². The molecule has 0 fully saturated rings. The van der Waals surface area contributed by atoms with Crippen molar-refractivity contribution in [1.29, 1.82) is 0 Å². The van der Waals surface area contributed by atoms with Gasteiger partial charge in [0.1, 0.15) is 0 Å². The summed E-state index contributed by atoms with van der Waals surface area (Å²) in [6.07, 6.45) is 5.65. The molecule has 0 amide bonds. The van der Waals surface area contributed by atoms with Crippen molar-refractivity contribution in [3.05, 3.63) is 23.3 Å². The Kier molecular flexibility index (Phi) is 2.60. The molecule has 0 aromatic carbocycles. The van der Waals surface area contributed by atoms with E-state index in [-0.39, 0.29) is 5.78 Å². The number of Topliss-reactive ketones (excluding diaryl/α,β-unsaturated/α-hetero) is 1. The summed E-state index contributed by atoms with van der Waals surface area (Å²) in [7, 11) is 0. The predicted molar refractivity (Wildman–Crippen MR) is 45.1 cm³/mol. The Morgan fingerprint density at radius 2 is 2.27 bits per heavy atom. The molecule has 2 nitrogen and oxygen atoms in total. The normalized spacial score (nSPS) is 17.3. The maximum Gasteiger partial charge on any atom is 0.155 e. The summed E-state index contributed by atoms with van der Waals surface area (Å²) in [4.78, 5) is 10.9. The van der Waals surface area contributed by atoms with Gasteiger partial charge in [-0.25, -0.2) is 0 Å². The molecule has 2 heteroatoms. The van der Waals surface area contributed by atoms with E-state index in [2.05, 4.69) is 0 Å². The van der Waals surface area contributed by atoms with Crippen molar-refractivity contribution in [3.63, 3.8) is 0 Å². The maximum atomic E-state index is 10.9. The standard InChI is InChI=1S/C9H13NO/c1-7(11)9-4-2-8(6-10)3-5-9/h2,4H,3,5-6,10H2,1H3. The fraction of sp³-hybridized carbons (Fsp3) is 0.444. The number of rotatable bonds is 2. The monoisotopic (exact) mass is 151 g/mol. The maximum absolute atomic E-state index is 10.9. The van der Waals surface area contributed by atoms with E-state index in [9.17, 15) is 4.79 Å². The topological polar surface area (TPSA) is 43.1 Å². The van der Waals surface area contributed by atoms with Crippen LogP contribution < -0.4 is 5.73 Å². The minimum Gasteiger partial charge on any atom is -0.327 e. The summed E-state index contributed by atoms with van der Waals surface area (Å²) >= 11 is 0. The van der Waals surface area contributed by atoms with Crippen molar-refractivity contribution in [2.24, 2.45) is 5.73 Å². The van der Waals surface area contributed by atoms with Gasteiger partial charge in [-0.05, 0) is 25.3 Å². The second-order valence-corrected chi connectivity index (χ2v) is 2.78. The third-order valence-electron chi connectivity index (χ3n) is 1.95. The van der Waals surface area contributed by atoms with Crippen LogP contribution in [-0.4, -0.2) is 12.3 Å². The lowest BCUT2D eigenvalue weighted by molar-refractivity contribution is -0.113. The lowest BCUT2D eigenvalue weighted by Crippen LogP contribution is -2.08. The molecule has 0 atom stereocenters. The highest BCUT2D eigenvalue weighted by atomic mass is 16.1. The van der Waals surface area contributed by atoms with Crippen molar-refractivity contribution in [3.8, 4) is 0 Å². The minimum atomic E-state index is 0.178. The van der Waals surface area contributed by atoms with E-state index in [1.54, 1.807) is 6.92 Å². The van der Waals surface area contributed by atoms with Gasteiger partial charge in [0.05, 0.1) is 0 Å². The molecule has 1 aliphatic rings. The average Bonchev–Trinajstić information content (AvgIpc) is 2.05. The molecular weight excluding hydrogens is 138 g/mol. The van der Waals surface area contributed by atoms with Gasteiger partial charge in [-0.1, -0.05) is 17.7 Å². The van der Waals surface area contributed by atoms with E-state index in [1.807, 2.05) is 12.2 Å². The van der Waals surface area contributed by atoms with E-state index >= 15 is 0 Å². The number of nitrogens with two attached hydrogens (primary N) is 1. The lowest BCUT2D eigenvalue weighted by atomic mass is 9.96. The van der Waals surface area contributed by atoms with Gasteiger partial charge in [0.15, 0.2) is 5.78 Å². The fourth-order valence-electron chi connectivity index (χ4n) is 1.14. The Morgan fingerprint density at radius 3 is 2.64 bits per heavy atom. The molecule has 0 spiro atoms. The second kappa shape index (κ2) is 3.49. The van der Waals surface area contributed by atoms with Gasteiger partial charge in [0, 0.05) is 6.54 Å². The van der Waals surface area contributed by atoms with Crippen molar-refractivity contribution in [1.82, 2.24) is 0 Å². The third kappa shape index (κ3) is 2.02. The Balaban J connectivity index is 2.69. The van der Waals surface area contributed by atoms with E-state index in [0.29, 0.717) is 6.54 Å². The molecule has 0 radical (unpaired) electrons. The average molecular weight is 151 g/mol. The molecule has 2 N–H and O–H groups in total. The van der Waals surface area contributed by atoms with Gasteiger partial charge in [-0.2, -0.15) is 0 Å². The quantitative estimate of drug-likeness (QED) is 0.644. The van der Waals surface area contributed by atoms with Gasteiger partial charge in [0.25, 0.3) is 0 Å². The number of carbonyl (C=O) groups is 1. The van der Waals surface area contributed by atoms with Crippen molar-refractivity contribution >= 4 is 5.78 Å². The molecule has 1 aliphatic carbocycles. The summed E-state index contributed by atoms with van der Waals surface area (Å²) in [5.41, 5.74) is 7.59. The SMILES string of the molecule is CC(=O)C1=CC=C(CN)CC1. The molecule has 1 rings (SSSR count). The predicted octanol–water partition coefficient (Wildman–Crippen LogP) is 1.18. The third-order valence-corrected chi connectivity index (χ3v) is 1.95. The van der Waals surface area contributed by atoms with E-state index < -0.39 is 0 Å². The van der Waals surface area contributed by atoms with Crippen LogP contribution in [0.5, 0.6) is 0 Å². The summed E-state index contributed by atoms with van der Waals surface area (Å²) < 4.78 is 0. The Labute approximate surface area is 66.8 Å². The first kappa shape index (κ1) is 8.21. The van der Waals surface area contributed by atoms with Crippen LogP contribution in [-0.2, 0) is 4.79 Å². The highest BCUT2D eigenvalue weighted by molar-refractivity contribution is 5.93. The van der Waals surface area contributed by atoms with Crippen LogP contribution in [0.25, 0.3) is 0 Å². The van der Waals surface area contributed by atoms with Crippen LogP contribution in [0.3, 0.4) is 0 Å². The zero-order valence-electron chi connectivity index (χ0n) is 6.76. The van der Waals surface area contributed by atoms with Crippen LogP contribution in [0.2, 0.25) is 0 Å². The number of hydrogen-bond acceptors (Lipinski definition) is 2. The molecule has 11 heavy (non-hydrogen) atoms. The number of allylic oxidation sites excluding steroid dienone is 3. The van der Waals surface area contributed by atoms with Gasteiger partial charge in [-0.15, -0.1) is 0 Å². The molecule has 0 aromatic heterocycles. The highest BCUT2D eigenvalue weighted by Crippen LogP contribution is 2.17. The zero-order valence-corrected chi connectivity index (χ0v) is 6.76. The Hall–Kier alpha value is -0.890. The van der Waals surface area contributed by atoms with Crippen LogP contribution in [0.4, 0.5) is 0 Å². The van der Waals surface area contributed by atoms with Crippen LogP contribution in [0, 0.1) is 0 Å². The Bertz CT molecular complexity index is 226. The largest absolute Gasteiger partial charge is 0.327 e. The van der Waals surface area contributed by atoms with Crippen molar-refractivity contribution in [2.75, 3.05) is 6.54 Å². The van der Waals surface area contributed by atoms with Crippen LogP contribution in [0.15, 0.2) is 23.3 Å². The minimum absolute atomic E-state index is 0.178. The summed E-state index contributed by atoms with van der Waals surface area (Å²) in [5, 5.41) is 0. The summed E-state index contributed by atoms with van der Waals surface area (Å²) in [5.74, 6) is 0.178. The fourth-order valence-corrected chi connectivity index (χ4v) is 1.14. The smallest absolute Gasteiger partial charge is 0.155 e. The van der Waals surface area contributed by atoms with Gasteiger partial charge in [-0.3, -0.25) is 4.79 Å². The van der Waals surface area contributed by atoms with Gasteiger partial charge < -0.3 is 5.73 Å². The van der Waals surface area contributed by atoms with Gasteiger partial charge in [0.2, 0.25) is 0 Å². The number of ketones is 1. The first-order valence-electron chi connectivity index (χ1n) is 3.83. The number of hydrogen-bond donors (Lipinski definition) is 1. The lowest BCUT2D eigenvalue weighted by Gasteiger charge is -2.10. The van der Waals surface area contributed by atoms with Crippen molar-refractivity contribution in [2.45, 2.75) is 19.8 Å². The molecule has 0 saturated carbocycles. The first-order chi connectivity index (χ1) is 5.24. The summed E-state index contributed by atoms with van der Waals surface area (Å²) in [6.45, 7) is 2.22. The molecule has 60 valence electrons. The second-order valence-electron chi connectivity index (χ2n) is 2.78. The molecule has 0 aromatic rings.